The Balaban J connectivity index is 2.49. The number of nitrogens with one attached hydrogen (secondary N) is 1. The molecule has 0 radical (unpaired) electrons. The first-order valence-electron chi connectivity index (χ1n) is 7.72. The van der Waals surface area contributed by atoms with Gasteiger partial charge < -0.3 is 15.5 Å². The van der Waals surface area contributed by atoms with Crippen molar-refractivity contribution in [2.75, 3.05) is 18.9 Å². The molecule has 0 aromatic carbocycles. The number of hydrogen-bond acceptors (Lipinski definition) is 4. The number of aliphatic hydroxyl groups is 2. The van der Waals surface area contributed by atoms with Gasteiger partial charge in [-0.05, 0) is 44.1 Å². The molecule has 19 heavy (non-hydrogen) atoms. The summed E-state index contributed by atoms with van der Waals surface area (Å²) in [4.78, 5) is 0. The van der Waals surface area contributed by atoms with Crippen LogP contribution in [-0.4, -0.2) is 46.5 Å². The fraction of sp³-hybridized carbons (Fsp3) is 1.00. The largest absolute Gasteiger partial charge is 0.394 e. The average molecular weight is 289 g/mol. The summed E-state index contributed by atoms with van der Waals surface area (Å²) < 4.78 is 0. The summed E-state index contributed by atoms with van der Waals surface area (Å²) in [7, 11) is 0. The van der Waals surface area contributed by atoms with Crippen LogP contribution in [0.15, 0.2) is 0 Å². The second-order valence-corrected chi connectivity index (χ2v) is 7.36. The van der Waals surface area contributed by atoms with E-state index in [1.54, 1.807) is 0 Å². The van der Waals surface area contributed by atoms with Crippen LogP contribution in [0.25, 0.3) is 0 Å². The molecule has 0 spiro atoms. The first kappa shape index (κ1) is 17.3. The van der Waals surface area contributed by atoms with Gasteiger partial charge in [-0.15, -0.1) is 0 Å². The van der Waals surface area contributed by atoms with Crippen LogP contribution in [0, 0.1) is 11.8 Å². The molecule has 4 heteroatoms. The molecule has 1 aliphatic rings. The summed E-state index contributed by atoms with van der Waals surface area (Å²) in [5.41, 5.74) is 0. The molecule has 0 aromatic rings. The highest BCUT2D eigenvalue weighted by molar-refractivity contribution is 8.00. The SMILES string of the molecule is CCCNC1CCC(C(C)C)CC1SCC(O)CO. The fourth-order valence-electron chi connectivity index (χ4n) is 2.80. The first-order valence-corrected chi connectivity index (χ1v) is 8.77. The molecule has 1 saturated carbocycles. The fourth-order valence-corrected chi connectivity index (χ4v) is 4.22. The number of rotatable bonds is 8. The predicted molar refractivity (Wildman–Crippen MR) is 83.6 cm³/mol. The van der Waals surface area contributed by atoms with E-state index in [0.717, 1.165) is 18.4 Å². The van der Waals surface area contributed by atoms with Crippen molar-refractivity contribution in [3.8, 4) is 0 Å². The number of aliphatic hydroxyl groups excluding tert-OH is 2. The zero-order valence-electron chi connectivity index (χ0n) is 12.6. The Bertz CT molecular complexity index is 238. The van der Waals surface area contributed by atoms with Gasteiger partial charge in [0.1, 0.15) is 0 Å². The lowest BCUT2D eigenvalue weighted by atomic mass is 9.79. The van der Waals surface area contributed by atoms with Gasteiger partial charge in [-0.3, -0.25) is 0 Å². The molecule has 1 rings (SSSR count). The van der Waals surface area contributed by atoms with Gasteiger partial charge in [-0.2, -0.15) is 11.8 Å². The lowest BCUT2D eigenvalue weighted by Crippen LogP contribution is -2.44. The Morgan fingerprint density at radius 1 is 1.32 bits per heavy atom. The summed E-state index contributed by atoms with van der Waals surface area (Å²) in [5, 5.41) is 22.7. The van der Waals surface area contributed by atoms with Gasteiger partial charge in [0.25, 0.3) is 0 Å². The predicted octanol–water partition coefficient (Wildman–Crippen LogP) is 2.27. The quantitative estimate of drug-likeness (QED) is 0.641. The molecule has 0 amide bonds. The minimum absolute atomic E-state index is 0.125. The average Bonchev–Trinajstić information content (AvgIpc) is 2.42. The molecular weight excluding hydrogens is 258 g/mol. The zero-order chi connectivity index (χ0) is 14.3. The van der Waals surface area contributed by atoms with E-state index < -0.39 is 6.10 Å². The molecule has 0 aromatic heterocycles. The van der Waals surface area contributed by atoms with Gasteiger partial charge in [0.15, 0.2) is 0 Å². The first-order chi connectivity index (χ1) is 9.08. The van der Waals surface area contributed by atoms with Crippen molar-refractivity contribution >= 4 is 11.8 Å². The Hall–Kier alpha value is 0.230. The van der Waals surface area contributed by atoms with Crippen molar-refractivity contribution in [3.63, 3.8) is 0 Å². The molecule has 1 fully saturated rings. The third-order valence-corrected chi connectivity index (χ3v) is 5.67. The smallest absolute Gasteiger partial charge is 0.0861 e. The maximum Gasteiger partial charge on any atom is 0.0861 e. The molecule has 0 saturated heterocycles. The highest BCUT2D eigenvalue weighted by Crippen LogP contribution is 2.36. The third kappa shape index (κ3) is 6.03. The van der Waals surface area contributed by atoms with Crippen molar-refractivity contribution in [3.05, 3.63) is 0 Å². The van der Waals surface area contributed by atoms with Crippen LogP contribution in [0.2, 0.25) is 0 Å². The number of thioether (sulfide) groups is 1. The normalized spacial score (nSPS) is 29.7. The number of hydrogen-bond donors (Lipinski definition) is 3. The van der Waals surface area contributed by atoms with Crippen molar-refractivity contribution < 1.29 is 10.2 Å². The second kappa shape index (κ2) is 9.22. The van der Waals surface area contributed by atoms with Crippen LogP contribution in [0.4, 0.5) is 0 Å². The van der Waals surface area contributed by atoms with Crippen molar-refractivity contribution in [2.45, 2.75) is 63.9 Å². The molecule has 4 atom stereocenters. The van der Waals surface area contributed by atoms with Gasteiger partial charge in [-0.25, -0.2) is 0 Å². The molecule has 3 nitrogen and oxygen atoms in total. The van der Waals surface area contributed by atoms with E-state index in [2.05, 4.69) is 26.1 Å². The van der Waals surface area contributed by atoms with Crippen LogP contribution in [0.3, 0.4) is 0 Å². The lowest BCUT2D eigenvalue weighted by molar-refractivity contribution is 0.113. The topological polar surface area (TPSA) is 52.5 Å². The van der Waals surface area contributed by atoms with Crippen LogP contribution in [-0.2, 0) is 0 Å². The molecule has 114 valence electrons. The van der Waals surface area contributed by atoms with Gasteiger partial charge in [-0.1, -0.05) is 20.8 Å². The minimum Gasteiger partial charge on any atom is -0.394 e. The van der Waals surface area contributed by atoms with Gasteiger partial charge in [0.2, 0.25) is 0 Å². The Morgan fingerprint density at radius 2 is 2.05 bits per heavy atom. The van der Waals surface area contributed by atoms with Crippen molar-refractivity contribution in [1.29, 1.82) is 0 Å². The summed E-state index contributed by atoms with van der Waals surface area (Å²) in [5.74, 6) is 2.21. The van der Waals surface area contributed by atoms with E-state index >= 15 is 0 Å². The maximum atomic E-state index is 9.53. The van der Waals surface area contributed by atoms with E-state index in [9.17, 15) is 5.11 Å². The molecule has 0 heterocycles. The van der Waals surface area contributed by atoms with E-state index in [-0.39, 0.29) is 6.61 Å². The van der Waals surface area contributed by atoms with E-state index in [1.807, 2.05) is 11.8 Å². The standard InChI is InChI=1S/C15H31NO2S/c1-4-7-16-14-6-5-12(11(2)3)8-15(14)19-10-13(18)9-17/h11-18H,4-10H2,1-3H3. The van der Waals surface area contributed by atoms with Crippen molar-refractivity contribution in [1.82, 2.24) is 5.32 Å². The maximum absolute atomic E-state index is 9.53. The molecule has 0 aliphatic heterocycles. The second-order valence-electron chi connectivity index (χ2n) is 6.09. The van der Waals surface area contributed by atoms with Crippen LogP contribution >= 0.6 is 11.8 Å². The van der Waals surface area contributed by atoms with E-state index in [0.29, 0.717) is 17.0 Å². The van der Waals surface area contributed by atoms with Crippen LogP contribution < -0.4 is 5.32 Å². The van der Waals surface area contributed by atoms with Gasteiger partial charge in [0.05, 0.1) is 12.7 Å². The summed E-state index contributed by atoms with van der Waals surface area (Å²) in [6, 6.07) is 0.575. The highest BCUT2D eigenvalue weighted by Gasteiger charge is 2.31. The van der Waals surface area contributed by atoms with Gasteiger partial charge >= 0.3 is 0 Å². The molecule has 0 bridgehead atoms. The Labute approximate surface area is 122 Å². The lowest BCUT2D eigenvalue weighted by Gasteiger charge is -2.38. The van der Waals surface area contributed by atoms with E-state index in [4.69, 9.17) is 5.11 Å². The Morgan fingerprint density at radius 3 is 2.63 bits per heavy atom. The minimum atomic E-state index is -0.573. The Kier molecular flexibility index (Phi) is 8.38. The van der Waals surface area contributed by atoms with E-state index in [1.165, 1.54) is 25.7 Å². The van der Waals surface area contributed by atoms with Crippen LogP contribution in [0.1, 0.15) is 46.5 Å². The summed E-state index contributed by atoms with van der Waals surface area (Å²) >= 11 is 1.84. The molecule has 4 unspecified atom stereocenters. The monoisotopic (exact) mass is 289 g/mol. The molecule has 3 N–H and O–H groups in total. The van der Waals surface area contributed by atoms with Crippen LogP contribution in [0.5, 0.6) is 0 Å². The molecule has 1 aliphatic carbocycles. The third-order valence-electron chi connectivity index (χ3n) is 4.15. The highest BCUT2D eigenvalue weighted by atomic mass is 32.2. The molecular formula is C15H31NO2S. The zero-order valence-corrected chi connectivity index (χ0v) is 13.5. The summed E-state index contributed by atoms with van der Waals surface area (Å²) in [6.07, 6.45) is 4.40. The summed E-state index contributed by atoms with van der Waals surface area (Å²) in [6.45, 7) is 7.78. The van der Waals surface area contributed by atoms with Gasteiger partial charge in [0, 0.05) is 17.0 Å². The van der Waals surface area contributed by atoms with Crippen molar-refractivity contribution in [2.24, 2.45) is 11.8 Å².